The van der Waals surface area contributed by atoms with Gasteiger partial charge in [-0.3, -0.25) is 4.79 Å². The molecule has 2 aromatic carbocycles. The van der Waals surface area contributed by atoms with E-state index in [0.29, 0.717) is 30.6 Å². The van der Waals surface area contributed by atoms with Crippen molar-refractivity contribution in [2.45, 2.75) is 19.9 Å². The van der Waals surface area contributed by atoms with Crippen LogP contribution in [0.15, 0.2) is 60.7 Å². The number of carbonyl (C=O) groups excluding carboxylic acids is 1. The zero-order valence-corrected chi connectivity index (χ0v) is 16.1. The SMILES string of the molecule is CC=CCc1nc(Cl)c(C=O)n1Cc1ccc(-c2ccccc2)c(C(=O)O)c1. The molecule has 0 radical (unpaired) electrons. The van der Waals surface area contributed by atoms with Crippen molar-refractivity contribution in [2.75, 3.05) is 0 Å². The van der Waals surface area contributed by atoms with Crippen LogP contribution in [0.1, 0.15) is 39.2 Å². The fourth-order valence-corrected chi connectivity index (χ4v) is 3.31. The zero-order chi connectivity index (χ0) is 20.1. The first-order valence-corrected chi connectivity index (χ1v) is 9.15. The maximum Gasteiger partial charge on any atom is 0.336 e. The molecule has 1 N–H and O–H groups in total. The number of aromatic nitrogens is 2. The number of halogens is 1. The summed E-state index contributed by atoms with van der Waals surface area (Å²) in [6.07, 6.45) is 5.01. The van der Waals surface area contributed by atoms with Gasteiger partial charge in [0.05, 0.1) is 5.56 Å². The Morgan fingerprint density at radius 2 is 1.96 bits per heavy atom. The summed E-state index contributed by atoms with van der Waals surface area (Å²) in [5.41, 5.74) is 2.71. The van der Waals surface area contributed by atoms with Crippen molar-refractivity contribution in [1.82, 2.24) is 9.55 Å². The Balaban J connectivity index is 2.03. The molecular formula is C22H19ClN2O3. The highest BCUT2D eigenvalue weighted by Gasteiger charge is 2.17. The van der Waals surface area contributed by atoms with E-state index in [0.717, 1.165) is 11.1 Å². The van der Waals surface area contributed by atoms with Crippen molar-refractivity contribution in [3.05, 3.63) is 88.5 Å². The molecule has 0 bridgehead atoms. The van der Waals surface area contributed by atoms with E-state index in [1.807, 2.05) is 55.5 Å². The van der Waals surface area contributed by atoms with Gasteiger partial charge >= 0.3 is 5.97 Å². The largest absolute Gasteiger partial charge is 0.478 e. The van der Waals surface area contributed by atoms with Gasteiger partial charge in [-0.2, -0.15) is 0 Å². The molecule has 0 saturated carbocycles. The standard InChI is InChI=1S/C22H19ClN2O3/c1-2-3-9-20-24-21(23)19(14-26)25(20)13-15-10-11-17(18(12-15)22(27)28)16-7-5-4-6-8-16/h2-8,10-12,14H,9,13H2,1H3,(H,27,28). The van der Waals surface area contributed by atoms with Crippen LogP contribution in [0, 0.1) is 0 Å². The van der Waals surface area contributed by atoms with Gasteiger partial charge in [0.2, 0.25) is 0 Å². The van der Waals surface area contributed by atoms with Crippen LogP contribution in [-0.2, 0) is 13.0 Å². The number of nitrogens with zero attached hydrogens (tertiary/aromatic N) is 2. The Hall–Kier alpha value is -3.18. The molecule has 1 heterocycles. The van der Waals surface area contributed by atoms with Crippen LogP contribution >= 0.6 is 11.6 Å². The molecule has 6 heteroatoms. The number of rotatable bonds is 7. The van der Waals surface area contributed by atoms with E-state index >= 15 is 0 Å². The summed E-state index contributed by atoms with van der Waals surface area (Å²) in [4.78, 5) is 27.6. The van der Waals surface area contributed by atoms with Gasteiger partial charge in [-0.05, 0) is 29.7 Å². The third-order valence-electron chi connectivity index (χ3n) is 4.43. The molecule has 0 unspecified atom stereocenters. The molecule has 0 amide bonds. The van der Waals surface area contributed by atoms with Gasteiger partial charge in [0.25, 0.3) is 0 Å². The molecule has 1 aromatic heterocycles. The first-order valence-electron chi connectivity index (χ1n) is 8.78. The van der Waals surface area contributed by atoms with Crippen LogP contribution in [0.4, 0.5) is 0 Å². The number of carbonyl (C=O) groups is 2. The van der Waals surface area contributed by atoms with Crippen molar-refractivity contribution < 1.29 is 14.7 Å². The number of hydrogen-bond donors (Lipinski definition) is 1. The van der Waals surface area contributed by atoms with E-state index in [2.05, 4.69) is 4.98 Å². The van der Waals surface area contributed by atoms with Crippen molar-refractivity contribution in [1.29, 1.82) is 0 Å². The van der Waals surface area contributed by atoms with Gasteiger partial charge in [-0.1, -0.05) is 66.2 Å². The van der Waals surface area contributed by atoms with Gasteiger partial charge < -0.3 is 9.67 Å². The second-order valence-corrected chi connectivity index (χ2v) is 6.59. The van der Waals surface area contributed by atoms with Gasteiger partial charge in [-0.15, -0.1) is 0 Å². The number of carboxylic acids is 1. The van der Waals surface area contributed by atoms with Crippen LogP contribution in [0.5, 0.6) is 0 Å². The minimum absolute atomic E-state index is 0.147. The molecule has 0 aliphatic heterocycles. The number of aldehydes is 1. The summed E-state index contributed by atoms with van der Waals surface area (Å²) >= 11 is 6.10. The van der Waals surface area contributed by atoms with Crippen LogP contribution in [-0.4, -0.2) is 26.9 Å². The number of allylic oxidation sites excluding steroid dienone is 2. The Morgan fingerprint density at radius 3 is 2.61 bits per heavy atom. The summed E-state index contributed by atoms with van der Waals surface area (Å²) in [5.74, 6) is -0.358. The molecular weight excluding hydrogens is 376 g/mol. The lowest BCUT2D eigenvalue weighted by atomic mass is 9.97. The Kier molecular flexibility index (Phi) is 6.06. The molecule has 142 valence electrons. The molecule has 28 heavy (non-hydrogen) atoms. The summed E-state index contributed by atoms with van der Waals surface area (Å²) in [6.45, 7) is 2.20. The van der Waals surface area contributed by atoms with Crippen LogP contribution < -0.4 is 0 Å². The lowest BCUT2D eigenvalue weighted by molar-refractivity contribution is 0.0697. The quantitative estimate of drug-likeness (QED) is 0.458. The maximum atomic E-state index is 11.8. The van der Waals surface area contributed by atoms with Crippen LogP contribution in [0.3, 0.4) is 0 Å². The highest BCUT2D eigenvalue weighted by Crippen LogP contribution is 2.26. The predicted molar refractivity (Wildman–Crippen MR) is 109 cm³/mol. The molecule has 5 nitrogen and oxygen atoms in total. The van der Waals surface area contributed by atoms with E-state index < -0.39 is 5.97 Å². The summed E-state index contributed by atoms with van der Waals surface area (Å²) in [6, 6.07) is 14.6. The maximum absolute atomic E-state index is 11.8. The second kappa shape index (κ2) is 8.67. The normalized spacial score (nSPS) is 11.1. The van der Waals surface area contributed by atoms with Crippen molar-refractivity contribution >= 4 is 23.9 Å². The highest BCUT2D eigenvalue weighted by atomic mass is 35.5. The van der Waals surface area contributed by atoms with E-state index in [9.17, 15) is 14.7 Å². The number of carboxylic acid groups (broad SMARTS) is 1. The van der Waals surface area contributed by atoms with Crippen molar-refractivity contribution in [3.63, 3.8) is 0 Å². The number of benzene rings is 2. The van der Waals surface area contributed by atoms with Gasteiger partial charge in [0.15, 0.2) is 11.4 Å². The fourth-order valence-electron chi connectivity index (χ4n) is 3.07. The zero-order valence-electron chi connectivity index (χ0n) is 15.3. The second-order valence-electron chi connectivity index (χ2n) is 6.23. The molecule has 3 aromatic rings. The smallest absolute Gasteiger partial charge is 0.336 e. The summed E-state index contributed by atoms with van der Waals surface area (Å²) < 4.78 is 1.72. The van der Waals surface area contributed by atoms with Crippen molar-refractivity contribution in [3.8, 4) is 11.1 Å². The summed E-state index contributed by atoms with van der Waals surface area (Å²) in [7, 11) is 0. The lowest BCUT2D eigenvalue weighted by Crippen LogP contribution is -2.09. The number of aromatic carboxylic acids is 1. The van der Waals surface area contributed by atoms with Gasteiger partial charge in [0.1, 0.15) is 11.5 Å². The van der Waals surface area contributed by atoms with Crippen molar-refractivity contribution in [2.24, 2.45) is 0 Å². The number of imidazole rings is 1. The van der Waals surface area contributed by atoms with E-state index in [4.69, 9.17) is 11.6 Å². The average molecular weight is 395 g/mol. The molecule has 0 aliphatic carbocycles. The van der Waals surface area contributed by atoms with Crippen LogP contribution in [0.2, 0.25) is 5.15 Å². The predicted octanol–water partition coefficient (Wildman–Crippen LogP) is 4.88. The van der Waals surface area contributed by atoms with Crippen LogP contribution in [0.25, 0.3) is 11.1 Å². The molecule has 0 spiro atoms. The minimum Gasteiger partial charge on any atom is -0.478 e. The molecule has 0 saturated heterocycles. The highest BCUT2D eigenvalue weighted by molar-refractivity contribution is 6.31. The fraction of sp³-hybridized carbons (Fsp3) is 0.136. The summed E-state index contributed by atoms with van der Waals surface area (Å²) in [5, 5.41) is 9.83. The topological polar surface area (TPSA) is 72.2 Å². The van der Waals surface area contributed by atoms with Gasteiger partial charge in [0, 0.05) is 13.0 Å². The third-order valence-corrected chi connectivity index (χ3v) is 4.71. The Labute approximate surface area is 167 Å². The Morgan fingerprint density at radius 1 is 1.21 bits per heavy atom. The molecule has 0 atom stereocenters. The van der Waals surface area contributed by atoms with E-state index in [1.165, 1.54) is 0 Å². The number of hydrogen-bond acceptors (Lipinski definition) is 3. The monoisotopic (exact) mass is 394 g/mol. The third kappa shape index (κ3) is 4.05. The van der Waals surface area contributed by atoms with E-state index in [1.54, 1.807) is 16.7 Å². The van der Waals surface area contributed by atoms with Gasteiger partial charge in [-0.25, -0.2) is 9.78 Å². The molecule has 0 fully saturated rings. The average Bonchev–Trinajstić information content (AvgIpc) is 3.01. The first kappa shape index (κ1) is 19.6. The molecule has 0 aliphatic rings. The van der Waals surface area contributed by atoms with E-state index in [-0.39, 0.29) is 16.4 Å². The lowest BCUT2D eigenvalue weighted by Gasteiger charge is -2.12. The minimum atomic E-state index is -1.01. The first-order chi connectivity index (χ1) is 13.5. The molecule has 3 rings (SSSR count). The Bertz CT molecular complexity index is 1040.